The van der Waals surface area contributed by atoms with Crippen molar-refractivity contribution in [2.24, 2.45) is 0 Å². The topological polar surface area (TPSA) is 84.2 Å². The summed E-state index contributed by atoms with van der Waals surface area (Å²) in [6.45, 7) is 2.40. The molecule has 0 atom stereocenters. The van der Waals surface area contributed by atoms with Crippen LogP contribution < -0.4 is 10.2 Å². The number of aromatic nitrogens is 3. The third-order valence-electron chi connectivity index (χ3n) is 6.29. The molecule has 1 amide bonds. The van der Waals surface area contributed by atoms with Crippen LogP contribution in [0.15, 0.2) is 64.0 Å². The highest BCUT2D eigenvalue weighted by atomic mass is 32.2. The molecule has 0 saturated carbocycles. The van der Waals surface area contributed by atoms with Crippen molar-refractivity contribution in [3.05, 3.63) is 66.0 Å². The highest BCUT2D eigenvalue weighted by Gasteiger charge is 2.23. The quantitative estimate of drug-likeness (QED) is 0.340. The van der Waals surface area contributed by atoms with Crippen molar-refractivity contribution in [1.29, 1.82) is 0 Å². The lowest BCUT2D eigenvalue weighted by atomic mass is 10.1. The fourth-order valence-electron chi connectivity index (χ4n) is 4.38. The Labute approximate surface area is 209 Å². The van der Waals surface area contributed by atoms with E-state index < -0.39 is 0 Å². The summed E-state index contributed by atoms with van der Waals surface area (Å²) in [4.78, 5) is 25.6. The zero-order chi connectivity index (χ0) is 24.0. The first kappa shape index (κ1) is 23.4. The van der Waals surface area contributed by atoms with Crippen LogP contribution >= 0.6 is 11.8 Å². The number of piperidine rings is 1. The number of fused-ring (bicyclic) bond motifs is 1. The van der Waals surface area contributed by atoms with Gasteiger partial charge in [-0.2, -0.15) is 4.98 Å². The van der Waals surface area contributed by atoms with Gasteiger partial charge in [-0.1, -0.05) is 47.6 Å². The van der Waals surface area contributed by atoms with Gasteiger partial charge in [0.15, 0.2) is 0 Å². The second kappa shape index (κ2) is 10.9. The number of carbonyl (C=O) groups excluding carboxylic acids is 1. The molecular formula is C27H29N5O2S. The number of anilines is 1. The Kier molecular flexibility index (Phi) is 7.28. The van der Waals surface area contributed by atoms with E-state index in [9.17, 15) is 4.79 Å². The molecular weight excluding hydrogens is 458 g/mol. The van der Waals surface area contributed by atoms with Crippen LogP contribution in [-0.2, 0) is 17.8 Å². The van der Waals surface area contributed by atoms with E-state index in [4.69, 9.17) is 9.51 Å². The molecule has 1 fully saturated rings. The number of hydrogen-bond acceptors (Lipinski definition) is 7. The number of rotatable bonds is 8. The molecule has 0 spiro atoms. The average molecular weight is 488 g/mol. The van der Waals surface area contributed by atoms with Gasteiger partial charge in [0.2, 0.25) is 5.91 Å². The van der Waals surface area contributed by atoms with Gasteiger partial charge >= 0.3 is 0 Å². The summed E-state index contributed by atoms with van der Waals surface area (Å²) in [5.41, 5.74) is 3.30. The highest BCUT2D eigenvalue weighted by molar-refractivity contribution is 7.98. The fraction of sp³-hybridized carbons (Fsp3) is 0.333. The first-order chi connectivity index (χ1) is 17.2. The largest absolute Gasteiger partial charge is 0.356 e. The fourth-order valence-corrected chi connectivity index (χ4v) is 4.79. The van der Waals surface area contributed by atoms with Crippen LogP contribution in [-0.4, -0.2) is 40.4 Å². The lowest BCUT2D eigenvalue weighted by Gasteiger charge is -2.28. The van der Waals surface area contributed by atoms with Crippen molar-refractivity contribution < 1.29 is 9.32 Å². The highest BCUT2D eigenvalue weighted by Crippen LogP contribution is 2.34. The van der Waals surface area contributed by atoms with E-state index in [1.165, 1.54) is 11.3 Å². The van der Waals surface area contributed by atoms with E-state index in [2.05, 4.69) is 32.5 Å². The first-order valence-electron chi connectivity index (χ1n) is 12.1. The SMILES string of the molecule is CSc1ccc(CNC(=O)CCc2nc(N3CCCCC3)c3c(-c4ccccc4)noc3n2)cc1. The third kappa shape index (κ3) is 5.48. The second-order valence-electron chi connectivity index (χ2n) is 8.71. The average Bonchev–Trinajstić information content (AvgIpc) is 3.35. The number of benzene rings is 2. The van der Waals surface area contributed by atoms with Crippen LogP contribution in [0.5, 0.6) is 0 Å². The Hall–Kier alpha value is -3.39. The maximum absolute atomic E-state index is 12.5. The van der Waals surface area contributed by atoms with Crippen LogP contribution in [0.25, 0.3) is 22.4 Å². The number of thioether (sulfide) groups is 1. The van der Waals surface area contributed by atoms with E-state index in [0.717, 1.165) is 54.0 Å². The molecule has 180 valence electrons. The molecule has 8 heteroatoms. The van der Waals surface area contributed by atoms with Gasteiger partial charge in [0, 0.05) is 42.9 Å². The summed E-state index contributed by atoms with van der Waals surface area (Å²) in [5.74, 6) is 1.44. The van der Waals surface area contributed by atoms with Crippen molar-refractivity contribution in [3.63, 3.8) is 0 Å². The van der Waals surface area contributed by atoms with E-state index in [0.29, 0.717) is 30.9 Å². The van der Waals surface area contributed by atoms with Crippen LogP contribution in [0.2, 0.25) is 0 Å². The van der Waals surface area contributed by atoms with Gasteiger partial charge in [0.25, 0.3) is 5.71 Å². The van der Waals surface area contributed by atoms with Gasteiger partial charge in [0.1, 0.15) is 22.7 Å². The first-order valence-corrected chi connectivity index (χ1v) is 13.3. The number of hydrogen-bond donors (Lipinski definition) is 1. The van der Waals surface area contributed by atoms with Crippen LogP contribution in [0.3, 0.4) is 0 Å². The molecule has 3 heterocycles. The molecule has 1 aliphatic rings. The van der Waals surface area contributed by atoms with E-state index in [1.807, 2.05) is 48.7 Å². The summed E-state index contributed by atoms with van der Waals surface area (Å²) in [7, 11) is 0. The molecule has 0 aliphatic carbocycles. The van der Waals surface area contributed by atoms with Crippen LogP contribution in [0, 0.1) is 0 Å². The van der Waals surface area contributed by atoms with Crippen LogP contribution in [0.4, 0.5) is 5.82 Å². The number of nitrogens with zero attached hydrogens (tertiary/aromatic N) is 4. The lowest BCUT2D eigenvalue weighted by Crippen LogP contribution is -2.30. The summed E-state index contributed by atoms with van der Waals surface area (Å²) < 4.78 is 5.68. The molecule has 35 heavy (non-hydrogen) atoms. The zero-order valence-electron chi connectivity index (χ0n) is 19.9. The minimum absolute atomic E-state index is 0.0234. The maximum atomic E-state index is 12.5. The lowest BCUT2D eigenvalue weighted by molar-refractivity contribution is -0.121. The van der Waals surface area contributed by atoms with E-state index >= 15 is 0 Å². The number of carbonyl (C=O) groups is 1. The molecule has 0 radical (unpaired) electrons. The van der Waals surface area contributed by atoms with Gasteiger partial charge in [-0.3, -0.25) is 4.79 Å². The number of amides is 1. The normalized spacial score (nSPS) is 13.8. The summed E-state index contributed by atoms with van der Waals surface area (Å²) in [5, 5.41) is 8.19. The predicted molar refractivity (Wildman–Crippen MR) is 139 cm³/mol. The molecule has 0 bridgehead atoms. The molecule has 7 nitrogen and oxygen atoms in total. The monoisotopic (exact) mass is 487 g/mol. The maximum Gasteiger partial charge on any atom is 0.263 e. The molecule has 2 aromatic carbocycles. The Bertz CT molecular complexity index is 1280. The zero-order valence-corrected chi connectivity index (χ0v) is 20.7. The Morgan fingerprint density at radius 2 is 1.80 bits per heavy atom. The van der Waals surface area contributed by atoms with Crippen molar-refractivity contribution in [1.82, 2.24) is 20.4 Å². The summed E-state index contributed by atoms with van der Waals surface area (Å²) in [6.07, 6.45) is 6.30. The van der Waals surface area contributed by atoms with Crippen molar-refractivity contribution >= 4 is 34.6 Å². The number of nitrogens with one attached hydrogen (secondary N) is 1. The van der Waals surface area contributed by atoms with Gasteiger partial charge in [0.05, 0.1) is 0 Å². The second-order valence-corrected chi connectivity index (χ2v) is 9.59. The molecule has 0 unspecified atom stereocenters. The minimum Gasteiger partial charge on any atom is -0.356 e. The third-order valence-corrected chi connectivity index (χ3v) is 7.03. The minimum atomic E-state index is -0.0234. The van der Waals surface area contributed by atoms with Gasteiger partial charge in [-0.05, 0) is 43.2 Å². The molecule has 1 N–H and O–H groups in total. The Balaban J connectivity index is 1.34. The van der Waals surface area contributed by atoms with Gasteiger partial charge < -0.3 is 14.7 Å². The van der Waals surface area contributed by atoms with Crippen LogP contribution in [0.1, 0.15) is 37.1 Å². The van der Waals surface area contributed by atoms with Gasteiger partial charge in [-0.25, -0.2) is 4.98 Å². The summed E-state index contributed by atoms with van der Waals surface area (Å²) in [6, 6.07) is 18.2. The molecule has 2 aromatic heterocycles. The molecule has 5 rings (SSSR count). The standard InChI is InChI=1S/C27H29N5O2S/c1-35-21-12-10-19(11-13-21)18-28-23(33)15-14-22-29-26(32-16-6-3-7-17-32)24-25(31-34-27(24)30-22)20-8-4-2-5-9-20/h2,4-5,8-13H,3,6-7,14-18H2,1H3,(H,28,33). The summed E-state index contributed by atoms with van der Waals surface area (Å²) >= 11 is 1.70. The van der Waals surface area contributed by atoms with Gasteiger partial charge in [-0.15, -0.1) is 11.8 Å². The van der Waals surface area contributed by atoms with E-state index in [-0.39, 0.29) is 5.91 Å². The van der Waals surface area contributed by atoms with Crippen molar-refractivity contribution in [2.45, 2.75) is 43.5 Å². The number of aryl methyl sites for hydroxylation is 1. The molecule has 1 aliphatic heterocycles. The van der Waals surface area contributed by atoms with E-state index in [1.54, 1.807) is 11.8 Å². The Morgan fingerprint density at radius 1 is 1.03 bits per heavy atom. The predicted octanol–water partition coefficient (Wildman–Crippen LogP) is 5.25. The molecule has 4 aromatic rings. The van der Waals surface area contributed by atoms with Crippen molar-refractivity contribution in [2.75, 3.05) is 24.2 Å². The Morgan fingerprint density at radius 3 is 2.54 bits per heavy atom. The molecule has 1 saturated heterocycles. The van der Waals surface area contributed by atoms with Crippen molar-refractivity contribution in [3.8, 4) is 11.3 Å². The smallest absolute Gasteiger partial charge is 0.263 e.